The van der Waals surface area contributed by atoms with Crippen LogP contribution in [0, 0.1) is 11.2 Å². The van der Waals surface area contributed by atoms with Crippen molar-refractivity contribution in [2.45, 2.75) is 38.3 Å². The van der Waals surface area contributed by atoms with Gasteiger partial charge >= 0.3 is 10.1 Å². The first-order chi connectivity index (χ1) is 18.5. The fourth-order valence-electron chi connectivity index (χ4n) is 4.37. The Hall–Kier alpha value is -3.62. The number of rotatable bonds is 8. The first kappa shape index (κ1) is 29.4. The monoisotopic (exact) mass is 613 g/mol. The van der Waals surface area contributed by atoms with E-state index in [2.05, 4.69) is 5.32 Å². The average molecular weight is 614 g/mol. The highest BCUT2D eigenvalue weighted by Gasteiger charge is 2.52. The number of primary amides is 1. The Bertz CT molecular complexity index is 1700. The van der Waals surface area contributed by atoms with Crippen LogP contribution in [0.2, 0.25) is 0 Å². The Morgan fingerprint density at radius 2 is 1.85 bits per heavy atom. The smallest absolute Gasteiger partial charge is 0.308 e. The number of anilines is 1. The van der Waals surface area contributed by atoms with Gasteiger partial charge in [-0.05, 0) is 50.6 Å². The van der Waals surface area contributed by atoms with E-state index in [-0.39, 0.29) is 23.7 Å². The van der Waals surface area contributed by atoms with Crippen molar-refractivity contribution in [2.24, 2.45) is 11.1 Å². The van der Waals surface area contributed by atoms with Crippen molar-refractivity contribution in [3.63, 3.8) is 0 Å². The molecule has 2 amide bonds. The first-order valence-electron chi connectivity index (χ1n) is 11.8. The number of aliphatic hydroxyl groups excluding tert-OH is 1. The Morgan fingerprint density at radius 1 is 1.23 bits per heavy atom. The van der Waals surface area contributed by atoms with E-state index in [0.717, 1.165) is 11.0 Å². The van der Waals surface area contributed by atoms with Crippen LogP contribution in [0.4, 0.5) is 10.1 Å². The first-order valence-corrected chi connectivity index (χ1v) is 15.2. The lowest BCUT2D eigenvalue weighted by Crippen LogP contribution is -2.50. The maximum absolute atomic E-state index is 13.7. The fourth-order valence-corrected chi connectivity index (χ4v) is 6.57. The molecule has 0 fully saturated rings. The fraction of sp³-hybridized carbons (Fsp3) is 0.280. The molecule has 0 bridgehead atoms. The molecule has 0 unspecified atom stereocenters. The van der Waals surface area contributed by atoms with Gasteiger partial charge in [0, 0.05) is 12.6 Å². The van der Waals surface area contributed by atoms with E-state index < -0.39 is 75.3 Å². The number of sulfone groups is 1. The molecular formula is C25H25ClFN3O8S2. The van der Waals surface area contributed by atoms with Gasteiger partial charge in [0.25, 0.3) is 5.91 Å². The van der Waals surface area contributed by atoms with Crippen LogP contribution in [0.5, 0.6) is 5.75 Å². The lowest BCUT2D eigenvalue weighted by Gasteiger charge is -2.35. The third-order valence-corrected chi connectivity index (χ3v) is 10.2. The van der Waals surface area contributed by atoms with Crippen LogP contribution in [0.25, 0.3) is 0 Å². The van der Waals surface area contributed by atoms with E-state index >= 15 is 0 Å². The number of carbonyl (C=O) groups excluding carboxylic acids is 2. The normalized spacial score (nSPS) is 19.0. The van der Waals surface area contributed by atoms with Gasteiger partial charge in [0.15, 0.2) is 4.36 Å². The predicted octanol–water partition coefficient (Wildman–Crippen LogP) is 2.90. The van der Waals surface area contributed by atoms with E-state index in [1.165, 1.54) is 57.2 Å². The van der Waals surface area contributed by atoms with Crippen LogP contribution in [0.1, 0.15) is 26.3 Å². The van der Waals surface area contributed by atoms with Crippen LogP contribution < -0.4 is 15.2 Å². The third-order valence-electron chi connectivity index (χ3n) is 6.65. The summed E-state index contributed by atoms with van der Waals surface area (Å²) in [4.78, 5) is 26.8. The number of carbonyl (C=O) groups is 2. The molecule has 0 saturated heterocycles. The zero-order valence-electron chi connectivity index (χ0n) is 21.4. The molecule has 2 aromatic carbocycles. The summed E-state index contributed by atoms with van der Waals surface area (Å²) in [6.07, 6.45) is 0. The quantitative estimate of drug-likeness (QED) is 0.378. The maximum Gasteiger partial charge on any atom is 0.308 e. The van der Waals surface area contributed by atoms with Crippen molar-refractivity contribution >= 4 is 49.1 Å². The highest BCUT2D eigenvalue weighted by Crippen LogP contribution is 2.45. The SMILES string of the molecule is CCS(=O)(=O)Oc1ccc2c(c1)S(=O)(=O)C(Cl)=C(C1=C(O)[C@H](C(C)(C)C(N)=O)N(Cc3ccc(F)cc3)C1=O)N2. The summed E-state index contributed by atoms with van der Waals surface area (Å²) in [5.41, 5.74) is 3.50. The van der Waals surface area contributed by atoms with E-state index in [1.54, 1.807) is 0 Å². The molecule has 2 aliphatic rings. The number of fused-ring (bicyclic) bond motifs is 1. The Morgan fingerprint density at radius 3 is 2.42 bits per heavy atom. The van der Waals surface area contributed by atoms with Gasteiger partial charge < -0.3 is 25.2 Å². The summed E-state index contributed by atoms with van der Waals surface area (Å²) in [6, 6.07) is 7.24. The van der Waals surface area contributed by atoms with Gasteiger partial charge in [0.1, 0.15) is 28.9 Å². The zero-order valence-corrected chi connectivity index (χ0v) is 23.8. The minimum absolute atomic E-state index is 0.0727. The lowest BCUT2D eigenvalue weighted by atomic mass is 9.82. The number of amides is 2. The highest BCUT2D eigenvalue weighted by atomic mass is 35.5. The number of halogens is 2. The van der Waals surface area contributed by atoms with Crippen molar-refractivity contribution in [1.82, 2.24) is 4.90 Å². The molecule has 4 rings (SSSR count). The van der Waals surface area contributed by atoms with Crippen LogP contribution in [0.15, 0.2) is 68.8 Å². The van der Waals surface area contributed by atoms with Crippen LogP contribution in [-0.2, 0) is 36.1 Å². The molecule has 0 aliphatic carbocycles. The Balaban J connectivity index is 1.83. The third kappa shape index (κ3) is 5.02. The summed E-state index contributed by atoms with van der Waals surface area (Å²) in [5, 5.41) is 14.1. The number of benzene rings is 2. The van der Waals surface area contributed by atoms with Crippen molar-refractivity contribution in [1.29, 1.82) is 0 Å². The molecule has 2 aromatic rings. The van der Waals surface area contributed by atoms with E-state index in [4.69, 9.17) is 21.5 Å². The molecule has 0 radical (unpaired) electrons. The number of hydrogen-bond acceptors (Lipinski definition) is 9. The van der Waals surface area contributed by atoms with E-state index in [0.29, 0.717) is 5.56 Å². The van der Waals surface area contributed by atoms with Crippen molar-refractivity contribution in [2.75, 3.05) is 11.1 Å². The van der Waals surface area contributed by atoms with Gasteiger partial charge in [0.05, 0.1) is 27.4 Å². The summed E-state index contributed by atoms with van der Waals surface area (Å²) < 4.78 is 68.0. The maximum atomic E-state index is 13.7. The minimum Gasteiger partial charge on any atom is -0.509 e. The van der Waals surface area contributed by atoms with Gasteiger partial charge in [0.2, 0.25) is 15.7 Å². The van der Waals surface area contributed by atoms with Crippen LogP contribution >= 0.6 is 11.6 Å². The van der Waals surface area contributed by atoms with Gasteiger partial charge in [-0.1, -0.05) is 23.7 Å². The molecule has 40 heavy (non-hydrogen) atoms. The predicted molar refractivity (Wildman–Crippen MR) is 144 cm³/mol. The molecule has 214 valence electrons. The number of hydrogen-bond donors (Lipinski definition) is 3. The Labute approximate surface area is 235 Å². The summed E-state index contributed by atoms with van der Waals surface area (Å²) >= 11 is 6.30. The molecule has 0 saturated carbocycles. The number of nitrogens with one attached hydrogen (secondary N) is 1. The molecule has 4 N–H and O–H groups in total. The molecule has 1 atom stereocenters. The average Bonchev–Trinajstić information content (AvgIpc) is 3.12. The number of nitrogens with zero attached hydrogens (tertiary/aromatic N) is 1. The second-order valence-corrected chi connectivity index (χ2v) is 14.0. The molecule has 0 spiro atoms. The lowest BCUT2D eigenvalue weighted by molar-refractivity contribution is -0.135. The Kier molecular flexibility index (Phi) is 7.41. The number of nitrogens with two attached hydrogens (primary N) is 1. The molecule has 2 aliphatic heterocycles. The zero-order chi connectivity index (χ0) is 29.8. The summed E-state index contributed by atoms with van der Waals surface area (Å²) in [6.45, 7) is 3.98. The second-order valence-electron chi connectivity index (χ2n) is 9.67. The largest absolute Gasteiger partial charge is 0.509 e. The van der Waals surface area contributed by atoms with E-state index in [9.17, 15) is 35.9 Å². The number of aliphatic hydroxyl groups is 1. The van der Waals surface area contributed by atoms with Gasteiger partial charge in [-0.15, -0.1) is 0 Å². The second kappa shape index (κ2) is 10.1. The van der Waals surface area contributed by atoms with Crippen LogP contribution in [0.3, 0.4) is 0 Å². The highest BCUT2D eigenvalue weighted by molar-refractivity contribution is 7.97. The van der Waals surface area contributed by atoms with Crippen molar-refractivity contribution < 1.29 is 40.1 Å². The summed E-state index contributed by atoms with van der Waals surface area (Å²) in [5.74, 6) is -3.51. The standard InChI is InChI=1S/C25H25ClFN3O8S2/c1-4-39(34,35)38-15-9-10-16-17(11-15)40(36,37)22(26)19(29-16)18-20(31)21(25(2,3)24(28)33)30(23(18)32)12-13-5-7-14(27)8-6-13/h5-11,21,29,31H,4,12H2,1-3H3,(H2,28,33)/t21-/m1/s1. The minimum atomic E-state index is -4.53. The van der Waals surface area contributed by atoms with E-state index in [1.807, 2.05) is 0 Å². The topological polar surface area (TPSA) is 173 Å². The van der Waals surface area contributed by atoms with Crippen molar-refractivity contribution in [3.8, 4) is 5.75 Å². The molecule has 11 nitrogen and oxygen atoms in total. The van der Waals surface area contributed by atoms with Gasteiger partial charge in [-0.2, -0.15) is 8.42 Å². The van der Waals surface area contributed by atoms with Gasteiger partial charge in [-0.3, -0.25) is 9.59 Å². The molecule has 2 heterocycles. The molecule has 0 aromatic heterocycles. The molecule has 15 heteroatoms. The van der Waals surface area contributed by atoms with Gasteiger partial charge in [-0.25, -0.2) is 12.8 Å². The van der Waals surface area contributed by atoms with Crippen LogP contribution in [-0.4, -0.2) is 50.5 Å². The molecular weight excluding hydrogens is 589 g/mol. The summed E-state index contributed by atoms with van der Waals surface area (Å²) in [7, 11) is -8.49. The van der Waals surface area contributed by atoms with Crippen molar-refractivity contribution in [3.05, 3.63) is 75.2 Å².